The Balaban J connectivity index is 2.18. The minimum absolute atomic E-state index is 0.275. The first kappa shape index (κ1) is 8.46. The minimum Gasteiger partial charge on any atom is -0.368 e. The van der Waals surface area contributed by atoms with Crippen LogP contribution < -0.4 is 10.6 Å². The third-order valence-corrected chi connectivity index (χ3v) is 2.71. The first-order valence-electron chi connectivity index (χ1n) is 4.95. The number of nitrogens with two attached hydrogens (primary N) is 1. The van der Waals surface area contributed by atoms with E-state index < -0.39 is 0 Å². The Morgan fingerprint density at radius 3 is 3.00 bits per heavy atom. The summed E-state index contributed by atoms with van der Waals surface area (Å²) in [5, 5.41) is 0. The molecular weight excluding hydrogens is 192 g/mol. The Kier molecular flexibility index (Phi) is 1.59. The van der Waals surface area contributed by atoms with E-state index in [-0.39, 0.29) is 5.95 Å². The van der Waals surface area contributed by atoms with E-state index in [0.29, 0.717) is 11.7 Å². The second-order valence-corrected chi connectivity index (χ2v) is 3.85. The number of aromatic nitrogens is 4. The van der Waals surface area contributed by atoms with Gasteiger partial charge in [0.15, 0.2) is 11.5 Å². The van der Waals surface area contributed by atoms with Gasteiger partial charge >= 0.3 is 0 Å². The minimum atomic E-state index is 0.275. The van der Waals surface area contributed by atoms with Crippen LogP contribution in [0.5, 0.6) is 0 Å². The van der Waals surface area contributed by atoms with Gasteiger partial charge in [0.05, 0.1) is 6.33 Å². The fourth-order valence-electron chi connectivity index (χ4n) is 1.72. The van der Waals surface area contributed by atoms with Crippen LogP contribution in [-0.4, -0.2) is 33.0 Å². The molecule has 0 spiro atoms. The highest BCUT2D eigenvalue weighted by Crippen LogP contribution is 2.31. The van der Waals surface area contributed by atoms with Gasteiger partial charge in [-0.05, 0) is 12.8 Å². The van der Waals surface area contributed by atoms with Gasteiger partial charge in [-0.25, -0.2) is 4.98 Å². The molecule has 78 valence electrons. The van der Waals surface area contributed by atoms with Crippen molar-refractivity contribution in [2.24, 2.45) is 0 Å². The van der Waals surface area contributed by atoms with Crippen molar-refractivity contribution in [2.75, 3.05) is 17.7 Å². The number of aromatic amines is 1. The molecule has 2 aromatic rings. The molecule has 0 aliphatic heterocycles. The van der Waals surface area contributed by atoms with Crippen molar-refractivity contribution in [2.45, 2.75) is 18.9 Å². The van der Waals surface area contributed by atoms with Gasteiger partial charge in [-0.15, -0.1) is 0 Å². The summed E-state index contributed by atoms with van der Waals surface area (Å²) in [5.41, 5.74) is 7.13. The van der Waals surface area contributed by atoms with E-state index >= 15 is 0 Å². The standard InChI is InChI=1S/C9H12N6/c1-15(5-2-3-5)8-6-7(12-4-11-6)13-9(10)14-8/h4-5H,2-3H2,1H3,(H3,10,11,12,13,14). The molecule has 1 fully saturated rings. The summed E-state index contributed by atoms with van der Waals surface area (Å²) in [6.45, 7) is 0. The van der Waals surface area contributed by atoms with Crippen molar-refractivity contribution in [3.63, 3.8) is 0 Å². The zero-order chi connectivity index (χ0) is 10.4. The summed E-state index contributed by atoms with van der Waals surface area (Å²) in [5.74, 6) is 1.12. The molecule has 0 atom stereocenters. The Labute approximate surface area is 86.5 Å². The largest absolute Gasteiger partial charge is 0.368 e. The van der Waals surface area contributed by atoms with Crippen LogP contribution in [0, 0.1) is 0 Å². The molecule has 6 nitrogen and oxygen atoms in total. The lowest BCUT2D eigenvalue weighted by atomic mass is 10.4. The number of fused-ring (bicyclic) bond motifs is 1. The predicted octanol–water partition coefficient (Wildman–Crippen LogP) is 0.534. The topological polar surface area (TPSA) is 83.7 Å². The van der Waals surface area contributed by atoms with E-state index in [1.807, 2.05) is 7.05 Å². The molecule has 3 rings (SSSR count). The van der Waals surface area contributed by atoms with Gasteiger partial charge in [-0.2, -0.15) is 9.97 Å². The maximum atomic E-state index is 5.64. The summed E-state index contributed by atoms with van der Waals surface area (Å²) >= 11 is 0. The first-order valence-corrected chi connectivity index (χ1v) is 4.95. The van der Waals surface area contributed by atoms with Crippen LogP contribution in [0.4, 0.5) is 11.8 Å². The SMILES string of the molecule is CN(c1nc(N)nc2nc[nH]c12)C1CC1. The van der Waals surface area contributed by atoms with Gasteiger partial charge in [-0.3, -0.25) is 0 Å². The highest BCUT2D eigenvalue weighted by atomic mass is 15.2. The number of hydrogen-bond acceptors (Lipinski definition) is 5. The summed E-state index contributed by atoms with van der Waals surface area (Å²) < 4.78 is 0. The molecule has 1 saturated carbocycles. The number of anilines is 2. The number of H-pyrrole nitrogens is 1. The monoisotopic (exact) mass is 204 g/mol. The molecular formula is C9H12N6. The molecule has 0 radical (unpaired) electrons. The number of imidazole rings is 1. The molecule has 0 aromatic carbocycles. The van der Waals surface area contributed by atoms with Crippen molar-refractivity contribution >= 4 is 22.9 Å². The molecule has 3 N–H and O–H groups in total. The van der Waals surface area contributed by atoms with Crippen LogP contribution >= 0.6 is 0 Å². The molecule has 15 heavy (non-hydrogen) atoms. The average molecular weight is 204 g/mol. The van der Waals surface area contributed by atoms with Crippen molar-refractivity contribution in [1.29, 1.82) is 0 Å². The van der Waals surface area contributed by atoms with Gasteiger partial charge < -0.3 is 15.6 Å². The maximum Gasteiger partial charge on any atom is 0.224 e. The van der Waals surface area contributed by atoms with Gasteiger partial charge in [0.2, 0.25) is 5.95 Å². The van der Waals surface area contributed by atoms with Crippen LogP contribution in [-0.2, 0) is 0 Å². The van der Waals surface area contributed by atoms with Crippen molar-refractivity contribution < 1.29 is 0 Å². The fraction of sp³-hybridized carbons (Fsp3) is 0.444. The molecule has 0 unspecified atom stereocenters. The molecule has 2 aromatic heterocycles. The van der Waals surface area contributed by atoms with E-state index in [9.17, 15) is 0 Å². The predicted molar refractivity (Wildman–Crippen MR) is 57.5 cm³/mol. The van der Waals surface area contributed by atoms with E-state index in [1.54, 1.807) is 6.33 Å². The van der Waals surface area contributed by atoms with Crippen LogP contribution in [0.2, 0.25) is 0 Å². The number of hydrogen-bond donors (Lipinski definition) is 2. The van der Waals surface area contributed by atoms with Crippen LogP contribution in [0.25, 0.3) is 11.2 Å². The van der Waals surface area contributed by atoms with E-state index in [1.165, 1.54) is 12.8 Å². The van der Waals surface area contributed by atoms with Gasteiger partial charge in [-0.1, -0.05) is 0 Å². The molecule has 2 heterocycles. The number of nitrogens with one attached hydrogen (secondary N) is 1. The van der Waals surface area contributed by atoms with Crippen LogP contribution in [0.15, 0.2) is 6.33 Å². The lowest BCUT2D eigenvalue weighted by Gasteiger charge is -2.17. The lowest BCUT2D eigenvalue weighted by molar-refractivity contribution is 0.895. The van der Waals surface area contributed by atoms with E-state index in [4.69, 9.17) is 5.73 Å². The summed E-state index contributed by atoms with van der Waals surface area (Å²) in [6.07, 6.45) is 4.05. The Hall–Kier alpha value is -1.85. The Morgan fingerprint density at radius 2 is 2.27 bits per heavy atom. The molecule has 0 bridgehead atoms. The third-order valence-electron chi connectivity index (χ3n) is 2.71. The van der Waals surface area contributed by atoms with Gasteiger partial charge in [0.1, 0.15) is 5.52 Å². The lowest BCUT2D eigenvalue weighted by Crippen LogP contribution is -2.21. The van der Waals surface area contributed by atoms with E-state index in [2.05, 4.69) is 24.8 Å². The normalized spacial score (nSPS) is 15.8. The first-order chi connectivity index (χ1) is 7.25. The fourth-order valence-corrected chi connectivity index (χ4v) is 1.72. The molecule has 0 saturated heterocycles. The number of rotatable bonds is 2. The van der Waals surface area contributed by atoms with Crippen molar-refractivity contribution in [1.82, 2.24) is 19.9 Å². The molecule has 1 aliphatic carbocycles. The second kappa shape index (κ2) is 2.82. The quantitative estimate of drug-likeness (QED) is 0.745. The number of nitrogen functional groups attached to an aromatic ring is 1. The zero-order valence-corrected chi connectivity index (χ0v) is 8.44. The van der Waals surface area contributed by atoms with Crippen LogP contribution in [0.3, 0.4) is 0 Å². The molecule has 0 amide bonds. The Bertz CT molecular complexity index is 500. The van der Waals surface area contributed by atoms with Crippen LogP contribution in [0.1, 0.15) is 12.8 Å². The number of nitrogens with zero attached hydrogens (tertiary/aromatic N) is 4. The van der Waals surface area contributed by atoms with Crippen molar-refractivity contribution in [3.05, 3.63) is 6.33 Å². The third kappa shape index (κ3) is 1.29. The Morgan fingerprint density at radius 1 is 1.47 bits per heavy atom. The average Bonchev–Trinajstić information content (AvgIpc) is 2.96. The molecule has 6 heteroatoms. The zero-order valence-electron chi connectivity index (χ0n) is 8.44. The summed E-state index contributed by atoms with van der Waals surface area (Å²) in [7, 11) is 2.03. The smallest absolute Gasteiger partial charge is 0.224 e. The highest BCUT2D eigenvalue weighted by molar-refractivity contribution is 5.84. The van der Waals surface area contributed by atoms with Gasteiger partial charge in [0.25, 0.3) is 0 Å². The molecule has 1 aliphatic rings. The van der Waals surface area contributed by atoms with E-state index in [0.717, 1.165) is 11.3 Å². The second-order valence-electron chi connectivity index (χ2n) is 3.85. The van der Waals surface area contributed by atoms with Crippen molar-refractivity contribution in [3.8, 4) is 0 Å². The maximum absolute atomic E-state index is 5.64. The summed E-state index contributed by atoms with van der Waals surface area (Å²) in [4.78, 5) is 17.6. The van der Waals surface area contributed by atoms with Gasteiger partial charge in [0, 0.05) is 13.1 Å². The highest BCUT2D eigenvalue weighted by Gasteiger charge is 2.28. The summed E-state index contributed by atoms with van der Waals surface area (Å²) in [6, 6.07) is 0.589.